The minimum absolute atomic E-state index is 0.0180. The third-order valence-electron chi connectivity index (χ3n) is 5.68. The topological polar surface area (TPSA) is 58.2 Å². The highest BCUT2D eigenvalue weighted by molar-refractivity contribution is 5.89. The van der Waals surface area contributed by atoms with Crippen LogP contribution in [0.2, 0.25) is 0 Å². The number of rotatable bonds is 6. The third-order valence-corrected chi connectivity index (χ3v) is 5.68. The van der Waals surface area contributed by atoms with Crippen LogP contribution in [0.3, 0.4) is 0 Å². The minimum Gasteiger partial charge on any atom is -0.352 e. The Bertz CT molecular complexity index is 762. The zero-order valence-electron chi connectivity index (χ0n) is 15.2. The smallest absolute Gasteiger partial charge is 0.224 e. The molecule has 0 unspecified atom stereocenters. The monoisotopic (exact) mass is 360 g/mol. The Kier molecular flexibility index (Phi) is 5.05. The van der Waals surface area contributed by atoms with Gasteiger partial charge < -0.3 is 10.6 Å². The van der Waals surface area contributed by atoms with Crippen LogP contribution in [-0.2, 0) is 22.7 Å². The molecule has 2 aromatic carbocycles. The molecule has 2 aliphatic carbocycles. The van der Waals surface area contributed by atoms with Crippen LogP contribution in [0.5, 0.6) is 0 Å². The van der Waals surface area contributed by atoms with E-state index in [-0.39, 0.29) is 35.5 Å². The van der Waals surface area contributed by atoms with E-state index in [0.717, 1.165) is 17.5 Å². The first kappa shape index (κ1) is 17.5. The van der Waals surface area contributed by atoms with Crippen LogP contribution in [0.4, 0.5) is 0 Å². The summed E-state index contributed by atoms with van der Waals surface area (Å²) in [7, 11) is 0. The molecule has 0 heterocycles. The van der Waals surface area contributed by atoms with Crippen molar-refractivity contribution in [1.29, 1.82) is 0 Å². The Morgan fingerprint density at radius 3 is 1.52 bits per heavy atom. The highest BCUT2D eigenvalue weighted by Gasteiger charge is 2.51. The maximum atomic E-state index is 12.9. The van der Waals surface area contributed by atoms with Gasteiger partial charge in [-0.25, -0.2) is 0 Å². The second kappa shape index (κ2) is 7.78. The van der Waals surface area contributed by atoms with E-state index in [0.29, 0.717) is 13.1 Å². The third kappa shape index (κ3) is 3.80. The van der Waals surface area contributed by atoms with Crippen LogP contribution in [0.15, 0.2) is 72.8 Å². The standard InChI is InChI=1S/C23H24N2O2/c26-22(24-14-16-7-3-1-4-8-16)20-18-11-12-19(13-18)21(20)23(27)25-15-17-9-5-2-6-10-17/h1-12,18-21H,13-15H2,(H,24,26)(H,25,27)/t18-,19-,20+,21+/m1/s1. The Morgan fingerprint density at radius 2 is 1.11 bits per heavy atom. The number of nitrogens with one attached hydrogen (secondary N) is 2. The van der Waals surface area contributed by atoms with Gasteiger partial charge in [0.25, 0.3) is 0 Å². The summed E-state index contributed by atoms with van der Waals surface area (Å²) < 4.78 is 0. The molecule has 4 atom stereocenters. The lowest BCUT2D eigenvalue weighted by Crippen LogP contribution is -2.43. The van der Waals surface area contributed by atoms with E-state index in [2.05, 4.69) is 22.8 Å². The number of carbonyl (C=O) groups is 2. The molecular formula is C23H24N2O2. The van der Waals surface area contributed by atoms with Gasteiger partial charge in [-0.05, 0) is 29.4 Å². The van der Waals surface area contributed by atoms with E-state index < -0.39 is 0 Å². The van der Waals surface area contributed by atoms with Gasteiger partial charge in [-0.1, -0.05) is 72.8 Å². The van der Waals surface area contributed by atoms with Gasteiger partial charge in [-0.3, -0.25) is 9.59 Å². The molecule has 4 nitrogen and oxygen atoms in total. The zero-order chi connectivity index (χ0) is 18.6. The molecule has 1 fully saturated rings. The first-order chi connectivity index (χ1) is 13.2. The van der Waals surface area contributed by atoms with Gasteiger partial charge in [0.15, 0.2) is 0 Å². The number of hydrogen-bond acceptors (Lipinski definition) is 2. The van der Waals surface area contributed by atoms with Gasteiger partial charge in [-0.15, -0.1) is 0 Å². The summed E-state index contributed by atoms with van der Waals surface area (Å²) in [6, 6.07) is 19.7. The molecule has 27 heavy (non-hydrogen) atoms. The van der Waals surface area contributed by atoms with Crippen molar-refractivity contribution in [3.63, 3.8) is 0 Å². The molecule has 1 saturated carbocycles. The lowest BCUT2D eigenvalue weighted by Gasteiger charge is -2.26. The van der Waals surface area contributed by atoms with E-state index >= 15 is 0 Å². The van der Waals surface area contributed by atoms with Crippen molar-refractivity contribution in [3.8, 4) is 0 Å². The maximum absolute atomic E-state index is 12.9. The fourth-order valence-corrected chi connectivity index (χ4v) is 4.34. The predicted octanol–water partition coefficient (Wildman–Crippen LogP) is 3.06. The minimum atomic E-state index is -0.278. The van der Waals surface area contributed by atoms with Crippen molar-refractivity contribution in [2.45, 2.75) is 19.5 Å². The summed E-state index contributed by atoms with van der Waals surface area (Å²) in [5, 5.41) is 6.06. The molecule has 2 bridgehead atoms. The largest absolute Gasteiger partial charge is 0.352 e. The number of hydrogen-bond donors (Lipinski definition) is 2. The quantitative estimate of drug-likeness (QED) is 0.778. The van der Waals surface area contributed by atoms with Crippen LogP contribution in [-0.4, -0.2) is 11.8 Å². The summed E-state index contributed by atoms with van der Waals surface area (Å²) in [5.41, 5.74) is 2.13. The molecule has 0 radical (unpaired) electrons. The zero-order valence-corrected chi connectivity index (χ0v) is 15.2. The van der Waals surface area contributed by atoms with Crippen molar-refractivity contribution in [2.24, 2.45) is 23.7 Å². The molecule has 4 rings (SSSR count). The molecule has 0 aromatic heterocycles. The molecule has 2 aromatic rings. The van der Waals surface area contributed by atoms with E-state index in [1.165, 1.54) is 0 Å². The van der Waals surface area contributed by atoms with Crippen molar-refractivity contribution in [1.82, 2.24) is 10.6 Å². The Labute approximate surface area is 159 Å². The van der Waals surface area contributed by atoms with E-state index in [4.69, 9.17) is 0 Å². The summed E-state index contributed by atoms with van der Waals surface area (Å²) in [6.45, 7) is 0.991. The number of allylic oxidation sites excluding steroid dienone is 2. The van der Waals surface area contributed by atoms with E-state index in [1.807, 2.05) is 60.7 Å². The van der Waals surface area contributed by atoms with Crippen LogP contribution in [0, 0.1) is 23.7 Å². The first-order valence-corrected chi connectivity index (χ1v) is 9.54. The number of fused-ring (bicyclic) bond motifs is 2. The van der Waals surface area contributed by atoms with Gasteiger partial charge in [-0.2, -0.15) is 0 Å². The van der Waals surface area contributed by atoms with Gasteiger partial charge >= 0.3 is 0 Å². The molecule has 0 spiro atoms. The first-order valence-electron chi connectivity index (χ1n) is 9.54. The van der Waals surface area contributed by atoms with Crippen molar-refractivity contribution >= 4 is 11.8 Å². The van der Waals surface area contributed by atoms with Gasteiger partial charge in [0.1, 0.15) is 0 Å². The molecule has 138 valence electrons. The van der Waals surface area contributed by atoms with E-state index in [1.54, 1.807) is 0 Å². The molecule has 0 aliphatic heterocycles. The van der Waals surface area contributed by atoms with Crippen LogP contribution >= 0.6 is 0 Å². The summed E-state index contributed by atoms with van der Waals surface area (Å²) in [6.07, 6.45) is 5.11. The number of carbonyl (C=O) groups excluding carboxylic acids is 2. The van der Waals surface area contributed by atoms with Crippen LogP contribution in [0.1, 0.15) is 17.5 Å². The molecule has 2 aliphatic rings. The molecule has 4 heteroatoms. The average molecular weight is 360 g/mol. The van der Waals surface area contributed by atoms with E-state index in [9.17, 15) is 9.59 Å². The molecule has 0 saturated heterocycles. The SMILES string of the molecule is O=C(NCc1ccccc1)[C@@H]1[C@@H](C(=O)NCc2ccccc2)[C@@H]2C=C[C@@H]1C2. The fraction of sp³-hybridized carbons (Fsp3) is 0.304. The van der Waals surface area contributed by atoms with Gasteiger partial charge in [0.2, 0.25) is 11.8 Å². The van der Waals surface area contributed by atoms with Crippen molar-refractivity contribution in [3.05, 3.63) is 83.9 Å². The molecular weight excluding hydrogens is 336 g/mol. The fourth-order valence-electron chi connectivity index (χ4n) is 4.34. The van der Waals surface area contributed by atoms with Gasteiger partial charge in [0, 0.05) is 13.1 Å². The van der Waals surface area contributed by atoms with Crippen molar-refractivity contribution in [2.75, 3.05) is 0 Å². The molecule has 2 amide bonds. The second-order valence-electron chi connectivity index (χ2n) is 7.41. The number of amides is 2. The maximum Gasteiger partial charge on any atom is 0.224 e. The lowest BCUT2D eigenvalue weighted by molar-refractivity contribution is -0.135. The van der Waals surface area contributed by atoms with Crippen molar-refractivity contribution < 1.29 is 9.59 Å². The Balaban J connectivity index is 1.40. The highest BCUT2D eigenvalue weighted by Crippen LogP contribution is 2.48. The molecule has 2 N–H and O–H groups in total. The predicted molar refractivity (Wildman–Crippen MR) is 104 cm³/mol. The highest BCUT2D eigenvalue weighted by atomic mass is 16.2. The summed E-state index contributed by atoms with van der Waals surface area (Å²) in [4.78, 5) is 25.7. The lowest BCUT2D eigenvalue weighted by atomic mass is 9.81. The Hall–Kier alpha value is -2.88. The summed E-state index contributed by atoms with van der Waals surface area (Å²) in [5.74, 6) is -0.262. The normalized spacial score (nSPS) is 25.3. The number of benzene rings is 2. The summed E-state index contributed by atoms with van der Waals surface area (Å²) >= 11 is 0. The second-order valence-corrected chi connectivity index (χ2v) is 7.41. The van der Waals surface area contributed by atoms with Crippen LogP contribution in [0.25, 0.3) is 0 Å². The average Bonchev–Trinajstić information content (AvgIpc) is 3.33. The van der Waals surface area contributed by atoms with Crippen LogP contribution < -0.4 is 10.6 Å². The Morgan fingerprint density at radius 1 is 0.704 bits per heavy atom. The van der Waals surface area contributed by atoms with Gasteiger partial charge in [0.05, 0.1) is 11.8 Å².